The monoisotopic (exact) mass is 334 g/mol. The number of hydrogen-bond donors (Lipinski definition) is 0. The van der Waals surface area contributed by atoms with Gasteiger partial charge in [0.2, 0.25) is 5.95 Å². The van der Waals surface area contributed by atoms with Gasteiger partial charge in [0.25, 0.3) is 0 Å². The highest BCUT2D eigenvalue weighted by Gasteiger charge is 2.41. The first kappa shape index (κ1) is 15.0. The number of fused-ring (bicyclic) bond motifs is 1. The van der Waals surface area contributed by atoms with E-state index in [4.69, 9.17) is 4.74 Å². The minimum atomic E-state index is -0.397. The quantitative estimate of drug-likeness (QED) is 0.863. The standard InChI is InChI=1S/C16H19FN4OS/c1-10-9-23-15(20-10)4-14-13-2-3-21(7-11(13)8-22-14)16-18-5-12(17)6-19-16/h5-6,9,11,13-14H,2-4,7-8H2,1H3/t11-,13-,14+/m1/s1. The molecule has 0 radical (unpaired) electrons. The largest absolute Gasteiger partial charge is 0.377 e. The number of rotatable bonds is 3. The predicted octanol–water partition coefficient (Wildman–Crippen LogP) is 2.46. The minimum absolute atomic E-state index is 0.266. The van der Waals surface area contributed by atoms with Crippen LogP contribution < -0.4 is 4.90 Å². The second kappa shape index (κ2) is 6.13. The highest BCUT2D eigenvalue weighted by molar-refractivity contribution is 7.09. The first-order valence-corrected chi connectivity index (χ1v) is 8.82. The maximum Gasteiger partial charge on any atom is 0.225 e. The lowest BCUT2D eigenvalue weighted by atomic mass is 9.83. The van der Waals surface area contributed by atoms with Crippen LogP contribution >= 0.6 is 11.3 Å². The molecule has 122 valence electrons. The van der Waals surface area contributed by atoms with E-state index in [9.17, 15) is 4.39 Å². The molecule has 5 nitrogen and oxygen atoms in total. The van der Waals surface area contributed by atoms with Crippen molar-refractivity contribution in [2.45, 2.75) is 25.9 Å². The van der Waals surface area contributed by atoms with Gasteiger partial charge in [-0.3, -0.25) is 0 Å². The van der Waals surface area contributed by atoms with Crippen molar-refractivity contribution >= 4 is 17.3 Å². The molecule has 2 aliphatic rings. The van der Waals surface area contributed by atoms with Gasteiger partial charge in [-0.25, -0.2) is 19.3 Å². The van der Waals surface area contributed by atoms with Crippen molar-refractivity contribution in [3.05, 3.63) is 34.3 Å². The fourth-order valence-electron chi connectivity index (χ4n) is 3.62. The van der Waals surface area contributed by atoms with Gasteiger partial charge in [-0.15, -0.1) is 11.3 Å². The molecule has 0 N–H and O–H groups in total. The summed E-state index contributed by atoms with van der Waals surface area (Å²) in [5.74, 6) is 1.27. The highest BCUT2D eigenvalue weighted by atomic mass is 32.1. The third-order valence-electron chi connectivity index (χ3n) is 4.73. The van der Waals surface area contributed by atoms with Crippen LogP contribution in [0.25, 0.3) is 0 Å². The van der Waals surface area contributed by atoms with Gasteiger partial charge in [-0.1, -0.05) is 0 Å². The number of aryl methyl sites for hydroxylation is 1. The third-order valence-corrected chi connectivity index (χ3v) is 5.72. The molecule has 0 bridgehead atoms. The van der Waals surface area contributed by atoms with E-state index in [-0.39, 0.29) is 6.10 Å². The van der Waals surface area contributed by atoms with Crippen LogP contribution in [-0.4, -0.2) is 40.8 Å². The summed E-state index contributed by atoms with van der Waals surface area (Å²) in [7, 11) is 0. The van der Waals surface area contributed by atoms with E-state index in [1.54, 1.807) is 11.3 Å². The Labute approximate surface area is 138 Å². The van der Waals surface area contributed by atoms with Crippen molar-refractivity contribution in [2.75, 3.05) is 24.6 Å². The summed E-state index contributed by atoms with van der Waals surface area (Å²) in [4.78, 5) is 14.9. The smallest absolute Gasteiger partial charge is 0.225 e. The Morgan fingerprint density at radius 2 is 2.22 bits per heavy atom. The van der Waals surface area contributed by atoms with E-state index < -0.39 is 5.82 Å². The zero-order chi connectivity index (χ0) is 15.8. The van der Waals surface area contributed by atoms with E-state index in [0.717, 1.165) is 43.2 Å². The summed E-state index contributed by atoms with van der Waals surface area (Å²) < 4.78 is 19.0. The summed E-state index contributed by atoms with van der Waals surface area (Å²) in [5, 5.41) is 3.26. The van der Waals surface area contributed by atoms with Gasteiger partial charge in [0.15, 0.2) is 5.82 Å². The average Bonchev–Trinajstić information content (AvgIpc) is 3.15. The SMILES string of the molecule is Cc1csc(C[C@@H]2OC[C@H]3CN(c4ncc(F)cn4)CC[C@H]32)n1. The molecule has 0 saturated carbocycles. The molecule has 2 aromatic heterocycles. The zero-order valence-electron chi connectivity index (χ0n) is 13.0. The average molecular weight is 334 g/mol. The number of thiazole rings is 1. The van der Waals surface area contributed by atoms with E-state index in [1.807, 2.05) is 6.92 Å². The maximum absolute atomic E-state index is 13.0. The van der Waals surface area contributed by atoms with E-state index in [1.165, 1.54) is 12.4 Å². The predicted molar refractivity (Wildman–Crippen MR) is 86.1 cm³/mol. The lowest BCUT2D eigenvalue weighted by Crippen LogP contribution is -2.42. The fraction of sp³-hybridized carbons (Fsp3) is 0.562. The molecule has 2 fully saturated rings. The van der Waals surface area contributed by atoms with Crippen LogP contribution in [0.2, 0.25) is 0 Å². The van der Waals surface area contributed by atoms with Crippen LogP contribution in [0.3, 0.4) is 0 Å². The molecular weight excluding hydrogens is 315 g/mol. The van der Waals surface area contributed by atoms with Crippen molar-refractivity contribution in [1.82, 2.24) is 15.0 Å². The summed E-state index contributed by atoms with van der Waals surface area (Å²) >= 11 is 1.72. The lowest BCUT2D eigenvalue weighted by molar-refractivity contribution is 0.0894. The molecule has 2 saturated heterocycles. The number of halogens is 1. The second-order valence-corrected chi connectivity index (χ2v) is 7.26. The van der Waals surface area contributed by atoms with Gasteiger partial charge < -0.3 is 9.64 Å². The van der Waals surface area contributed by atoms with Crippen molar-refractivity contribution in [3.8, 4) is 0 Å². The van der Waals surface area contributed by atoms with Gasteiger partial charge in [-0.05, 0) is 19.3 Å². The zero-order valence-corrected chi connectivity index (χ0v) is 13.8. The molecule has 2 aromatic rings. The fourth-order valence-corrected chi connectivity index (χ4v) is 4.43. The molecule has 0 amide bonds. The molecule has 2 aliphatic heterocycles. The van der Waals surface area contributed by atoms with E-state index in [2.05, 4.69) is 25.2 Å². The van der Waals surface area contributed by atoms with Crippen molar-refractivity contribution in [2.24, 2.45) is 11.8 Å². The first-order valence-electron chi connectivity index (χ1n) is 7.94. The lowest BCUT2D eigenvalue weighted by Gasteiger charge is -2.35. The first-order chi connectivity index (χ1) is 11.2. The molecule has 4 heterocycles. The second-order valence-electron chi connectivity index (χ2n) is 6.32. The molecule has 7 heteroatoms. The van der Waals surface area contributed by atoms with Gasteiger partial charge >= 0.3 is 0 Å². The maximum atomic E-state index is 13.0. The van der Waals surface area contributed by atoms with Crippen LogP contribution in [-0.2, 0) is 11.2 Å². The Balaban J connectivity index is 1.41. The van der Waals surface area contributed by atoms with Gasteiger partial charge in [0.05, 0.1) is 30.1 Å². The number of anilines is 1. The number of aromatic nitrogens is 3. The molecule has 3 atom stereocenters. The topological polar surface area (TPSA) is 51.1 Å². The van der Waals surface area contributed by atoms with Crippen molar-refractivity contribution < 1.29 is 9.13 Å². The summed E-state index contributed by atoms with van der Waals surface area (Å²) in [5.41, 5.74) is 1.09. The van der Waals surface area contributed by atoms with Gasteiger partial charge in [0, 0.05) is 36.5 Å². The highest BCUT2D eigenvalue weighted by Crippen LogP contribution is 2.37. The molecule has 0 aliphatic carbocycles. The van der Waals surface area contributed by atoms with Crippen LogP contribution in [0.5, 0.6) is 0 Å². The normalized spacial score (nSPS) is 27.2. The Hall–Kier alpha value is -1.60. The molecule has 0 unspecified atom stereocenters. The van der Waals surface area contributed by atoms with Crippen LogP contribution in [0.4, 0.5) is 10.3 Å². The van der Waals surface area contributed by atoms with Gasteiger partial charge in [0.1, 0.15) is 0 Å². The van der Waals surface area contributed by atoms with Gasteiger partial charge in [-0.2, -0.15) is 0 Å². The number of hydrogen-bond acceptors (Lipinski definition) is 6. The Kier molecular flexibility index (Phi) is 3.98. The summed E-state index contributed by atoms with van der Waals surface area (Å²) in [6.45, 7) is 4.57. The molecule has 23 heavy (non-hydrogen) atoms. The summed E-state index contributed by atoms with van der Waals surface area (Å²) in [6, 6.07) is 0. The van der Waals surface area contributed by atoms with E-state index >= 15 is 0 Å². The Morgan fingerprint density at radius 3 is 2.96 bits per heavy atom. The minimum Gasteiger partial charge on any atom is -0.377 e. The summed E-state index contributed by atoms with van der Waals surface area (Å²) in [6.07, 6.45) is 4.69. The van der Waals surface area contributed by atoms with Crippen molar-refractivity contribution in [1.29, 1.82) is 0 Å². The van der Waals surface area contributed by atoms with Crippen molar-refractivity contribution in [3.63, 3.8) is 0 Å². The number of nitrogens with zero attached hydrogens (tertiary/aromatic N) is 4. The Morgan fingerprint density at radius 1 is 1.39 bits per heavy atom. The molecule has 0 spiro atoms. The number of ether oxygens (including phenoxy) is 1. The Bertz CT molecular complexity index is 677. The molecular formula is C16H19FN4OS. The molecule has 0 aromatic carbocycles. The van der Waals surface area contributed by atoms with Crippen LogP contribution in [0, 0.1) is 24.6 Å². The third kappa shape index (κ3) is 3.07. The number of piperidine rings is 1. The molecule has 4 rings (SSSR count). The van der Waals surface area contributed by atoms with Crippen LogP contribution in [0.15, 0.2) is 17.8 Å². The van der Waals surface area contributed by atoms with Crippen LogP contribution in [0.1, 0.15) is 17.1 Å². The van der Waals surface area contributed by atoms with E-state index in [0.29, 0.717) is 17.8 Å².